The molecule has 0 aliphatic heterocycles. The zero-order chi connectivity index (χ0) is 17.4. The van der Waals surface area contributed by atoms with Gasteiger partial charge in [-0.1, -0.05) is 78.1 Å². The highest BCUT2D eigenvalue weighted by molar-refractivity contribution is 6.71. The molecule has 0 aromatic carbocycles. The molecule has 0 saturated heterocycles. The van der Waals surface area contributed by atoms with E-state index >= 15 is 0 Å². The van der Waals surface area contributed by atoms with Gasteiger partial charge in [-0.25, -0.2) is 0 Å². The Labute approximate surface area is 147 Å². The maximum atomic E-state index is 6.12. The molecule has 0 rings (SSSR count). The first-order valence-electron chi connectivity index (χ1n) is 10.0. The van der Waals surface area contributed by atoms with E-state index in [2.05, 4.69) is 33.9 Å². The quantitative estimate of drug-likeness (QED) is 0.211. The second-order valence-electron chi connectivity index (χ2n) is 6.97. The van der Waals surface area contributed by atoms with Crippen LogP contribution in [-0.4, -0.2) is 21.3 Å². The van der Waals surface area contributed by atoms with Crippen molar-refractivity contribution in [2.75, 3.05) is 6.61 Å². The predicted molar refractivity (Wildman–Crippen MR) is 105 cm³/mol. The molecule has 0 amide bonds. The summed E-state index contributed by atoms with van der Waals surface area (Å²) in [7, 11) is -2.15. The lowest BCUT2D eigenvalue weighted by molar-refractivity contribution is 0.127. The van der Waals surface area contributed by atoms with Crippen molar-refractivity contribution in [1.29, 1.82) is 0 Å². The van der Waals surface area contributed by atoms with E-state index in [0.29, 0.717) is 0 Å². The summed E-state index contributed by atoms with van der Waals surface area (Å²) in [5.74, 6) is 0. The average molecular weight is 343 g/mol. The number of rotatable bonds is 17. The van der Waals surface area contributed by atoms with Gasteiger partial charge in [-0.15, -0.1) is 6.58 Å². The summed E-state index contributed by atoms with van der Waals surface area (Å²) in [5, 5.41) is 0. The summed E-state index contributed by atoms with van der Waals surface area (Å²) >= 11 is 0. The summed E-state index contributed by atoms with van der Waals surface area (Å²) in [5.41, 5.74) is 1.93. The Kier molecular flexibility index (Phi) is 15.3. The van der Waals surface area contributed by atoms with Gasteiger partial charge in [-0.2, -0.15) is 0 Å². The fourth-order valence-electron chi connectivity index (χ4n) is 2.87. The smallest absolute Gasteiger partial charge is 0.361 e. The maximum absolute atomic E-state index is 6.12. The minimum absolute atomic E-state index is 0.280. The summed E-state index contributed by atoms with van der Waals surface area (Å²) in [4.78, 5) is 0. The van der Waals surface area contributed by atoms with Crippen molar-refractivity contribution >= 4 is 8.56 Å². The Morgan fingerprint density at radius 3 is 1.87 bits per heavy atom. The van der Waals surface area contributed by atoms with Crippen molar-refractivity contribution in [3.63, 3.8) is 0 Å². The lowest BCUT2D eigenvalue weighted by Crippen LogP contribution is -2.40. The molecule has 2 atom stereocenters. The van der Waals surface area contributed by atoms with Crippen molar-refractivity contribution in [2.24, 2.45) is 0 Å². The topological polar surface area (TPSA) is 18.5 Å². The second-order valence-corrected chi connectivity index (χ2v) is 9.93. The molecule has 2 nitrogen and oxygen atoms in total. The SMILES string of the molecule is C=C[Si](C)(OCCCCCCCCCCCC)OC(C)CCC. The Morgan fingerprint density at radius 1 is 0.870 bits per heavy atom. The van der Waals surface area contributed by atoms with Crippen LogP contribution in [0.15, 0.2) is 12.3 Å². The van der Waals surface area contributed by atoms with Crippen LogP contribution in [-0.2, 0) is 8.85 Å². The molecule has 0 aliphatic carbocycles. The van der Waals surface area contributed by atoms with Crippen LogP contribution >= 0.6 is 0 Å². The molecule has 0 radical (unpaired) electrons. The Hall–Kier alpha value is -0.123. The van der Waals surface area contributed by atoms with Gasteiger partial charge in [-0.3, -0.25) is 0 Å². The average Bonchev–Trinajstić information content (AvgIpc) is 2.52. The second kappa shape index (κ2) is 15.4. The van der Waals surface area contributed by atoms with Crippen molar-refractivity contribution in [3.05, 3.63) is 12.3 Å². The lowest BCUT2D eigenvalue weighted by atomic mass is 10.1. The fourth-order valence-corrected chi connectivity index (χ4v) is 4.62. The van der Waals surface area contributed by atoms with E-state index in [1.54, 1.807) is 0 Å². The van der Waals surface area contributed by atoms with Gasteiger partial charge in [0.05, 0.1) is 0 Å². The van der Waals surface area contributed by atoms with E-state index < -0.39 is 8.56 Å². The zero-order valence-electron chi connectivity index (χ0n) is 16.4. The number of hydrogen-bond acceptors (Lipinski definition) is 2. The Morgan fingerprint density at radius 2 is 1.39 bits per heavy atom. The Bertz CT molecular complexity index is 270. The third kappa shape index (κ3) is 14.0. The van der Waals surface area contributed by atoms with Crippen LogP contribution in [0.3, 0.4) is 0 Å². The molecule has 0 aromatic heterocycles. The molecule has 138 valence electrons. The van der Waals surface area contributed by atoms with Gasteiger partial charge in [0.2, 0.25) is 0 Å². The van der Waals surface area contributed by atoms with Crippen LogP contribution in [0.5, 0.6) is 0 Å². The molecule has 0 aromatic rings. The molecule has 0 aliphatic rings. The third-order valence-corrected chi connectivity index (χ3v) is 6.78. The molecule has 3 heteroatoms. The molecule has 0 bridgehead atoms. The van der Waals surface area contributed by atoms with Gasteiger partial charge in [0.25, 0.3) is 0 Å². The molecule has 0 fully saturated rings. The molecule has 2 unspecified atom stereocenters. The summed E-state index contributed by atoms with van der Waals surface area (Å²) in [6, 6.07) is 0. The largest absolute Gasteiger partial charge is 0.391 e. The van der Waals surface area contributed by atoms with Gasteiger partial charge in [0.15, 0.2) is 0 Å². The molecule has 0 saturated carbocycles. The van der Waals surface area contributed by atoms with Crippen LogP contribution in [0.1, 0.15) is 97.8 Å². The van der Waals surface area contributed by atoms with Gasteiger partial charge in [-0.05, 0) is 32.0 Å². The monoisotopic (exact) mass is 342 g/mol. The Balaban J connectivity index is 3.55. The fraction of sp³-hybridized carbons (Fsp3) is 0.900. The van der Waals surface area contributed by atoms with Crippen molar-refractivity contribution < 1.29 is 8.85 Å². The van der Waals surface area contributed by atoms with E-state index in [1.807, 2.05) is 5.70 Å². The van der Waals surface area contributed by atoms with E-state index in [1.165, 1.54) is 57.8 Å². The first-order valence-corrected chi connectivity index (χ1v) is 12.4. The van der Waals surface area contributed by atoms with Crippen molar-refractivity contribution in [1.82, 2.24) is 0 Å². The molecule has 0 N–H and O–H groups in total. The highest BCUT2D eigenvalue weighted by Gasteiger charge is 2.29. The van der Waals surface area contributed by atoms with Crippen molar-refractivity contribution in [3.8, 4) is 0 Å². The number of unbranched alkanes of at least 4 members (excludes halogenated alkanes) is 9. The van der Waals surface area contributed by atoms with Crippen LogP contribution in [0.4, 0.5) is 0 Å². The molecule has 0 spiro atoms. The van der Waals surface area contributed by atoms with E-state index in [0.717, 1.165) is 25.9 Å². The van der Waals surface area contributed by atoms with Crippen LogP contribution in [0.2, 0.25) is 6.55 Å². The third-order valence-electron chi connectivity index (χ3n) is 4.39. The van der Waals surface area contributed by atoms with E-state index in [4.69, 9.17) is 8.85 Å². The first-order chi connectivity index (χ1) is 11.1. The van der Waals surface area contributed by atoms with E-state index in [9.17, 15) is 0 Å². The molecule has 23 heavy (non-hydrogen) atoms. The number of hydrogen-bond donors (Lipinski definition) is 0. The standard InChI is InChI=1S/C20H42O2Si/c1-6-9-10-11-12-13-14-15-16-17-19-21-23(5,8-3)22-20(4)18-7-2/h8,20H,3,6-7,9-19H2,1-2,4-5H3. The van der Waals surface area contributed by atoms with Crippen LogP contribution in [0, 0.1) is 0 Å². The predicted octanol–water partition coefficient (Wildman–Crippen LogP) is 6.93. The molecule has 0 heterocycles. The van der Waals surface area contributed by atoms with Gasteiger partial charge < -0.3 is 8.85 Å². The maximum Gasteiger partial charge on any atom is 0.361 e. The summed E-state index contributed by atoms with van der Waals surface area (Å²) in [6.45, 7) is 13.5. The minimum Gasteiger partial charge on any atom is -0.391 e. The normalized spacial score (nSPS) is 15.3. The van der Waals surface area contributed by atoms with Gasteiger partial charge in [0.1, 0.15) is 0 Å². The lowest BCUT2D eigenvalue weighted by Gasteiger charge is -2.27. The first kappa shape index (κ1) is 22.9. The minimum atomic E-state index is -2.15. The summed E-state index contributed by atoms with van der Waals surface area (Å²) in [6.07, 6.45) is 16.1. The summed E-state index contributed by atoms with van der Waals surface area (Å²) < 4.78 is 12.2. The highest BCUT2D eigenvalue weighted by atomic mass is 28.4. The van der Waals surface area contributed by atoms with Crippen LogP contribution in [0.25, 0.3) is 0 Å². The van der Waals surface area contributed by atoms with Crippen molar-refractivity contribution in [2.45, 2.75) is 110 Å². The van der Waals surface area contributed by atoms with Crippen LogP contribution < -0.4 is 0 Å². The van der Waals surface area contributed by atoms with E-state index in [-0.39, 0.29) is 6.10 Å². The van der Waals surface area contributed by atoms with Gasteiger partial charge in [0, 0.05) is 12.7 Å². The molecular formula is C20H42O2Si. The molecular weight excluding hydrogens is 300 g/mol. The highest BCUT2D eigenvalue weighted by Crippen LogP contribution is 2.16. The van der Waals surface area contributed by atoms with Gasteiger partial charge >= 0.3 is 8.56 Å². The zero-order valence-corrected chi connectivity index (χ0v) is 17.4.